The molecule has 0 rings (SSSR count). The largest absolute Gasteiger partial charge is 0.465 e. The van der Waals surface area contributed by atoms with E-state index >= 15 is 0 Å². The van der Waals surface area contributed by atoms with Crippen LogP contribution in [0.2, 0.25) is 0 Å². The summed E-state index contributed by atoms with van der Waals surface area (Å²) in [5.41, 5.74) is -1.74. The van der Waals surface area contributed by atoms with Gasteiger partial charge in [0.05, 0.1) is 13.2 Å². The first-order chi connectivity index (χ1) is 34.3. The first-order valence-electron chi connectivity index (χ1n) is 28.0. The minimum Gasteiger partial charge on any atom is -0.465 e. The van der Waals surface area contributed by atoms with Crippen LogP contribution in [-0.2, 0) is 66.7 Å². The van der Waals surface area contributed by atoms with Gasteiger partial charge in [-0.1, -0.05) is 170 Å². The van der Waals surface area contributed by atoms with Crippen LogP contribution in [0.5, 0.6) is 0 Å². The van der Waals surface area contributed by atoms with Crippen LogP contribution in [0.15, 0.2) is 0 Å². The summed E-state index contributed by atoms with van der Waals surface area (Å²) in [6.45, 7) is 11.0. The second-order valence-electron chi connectivity index (χ2n) is 19.8. The number of esters is 6. The van der Waals surface area contributed by atoms with Crippen molar-refractivity contribution in [3.63, 3.8) is 0 Å². The van der Waals surface area contributed by atoms with E-state index in [0.717, 1.165) is 116 Å². The van der Waals surface area contributed by atoms with Gasteiger partial charge in [0.15, 0.2) is 17.6 Å². The summed E-state index contributed by atoms with van der Waals surface area (Å²) in [7, 11) is 3.76. The van der Waals surface area contributed by atoms with Crippen molar-refractivity contribution in [2.75, 3.05) is 73.5 Å². The Balaban J connectivity index is 7.22. The SMILES string of the molecule is CCCCCCOC(=O)C(CCCCCC)C(=O)OCC(COC(=O)CCCN(C)C)(COC(=O)C(CCCCCC)C(=O)COCCCCC)COC(=O)C(CCCCCC)C(=O)OCCCCCC. The molecule has 0 aliphatic rings. The molecule has 0 saturated heterocycles. The Kier molecular flexibility index (Phi) is 42.8. The fourth-order valence-corrected chi connectivity index (χ4v) is 7.80. The van der Waals surface area contributed by atoms with Crippen molar-refractivity contribution in [3.8, 4) is 0 Å². The minimum atomic E-state index is -1.74. The van der Waals surface area contributed by atoms with E-state index in [0.29, 0.717) is 51.7 Å². The van der Waals surface area contributed by atoms with Gasteiger partial charge in [0.2, 0.25) is 0 Å². The summed E-state index contributed by atoms with van der Waals surface area (Å²) >= 11 is 0. The van der Waals surface area contributed by atoms with Gasteiger partial charge in [0.25, 0.3) is 0 Å². The number of hydrogen-bond donors (Lipinski definition) is 0. The summed E-state index contributed by atoms with van der Waals surface area (Å²) in [5.74, 6) is -8.76. The van der Waals surface area contributed by atoms with Gasteiger partial charge >= 0.3 is 35.8 Å². The molecule has 3 atom stereocenters. The maximum atomic E-state index is 14.2. The number of carbonyl (C=O) groups is 7. The Hall–Kier alpha value is -3.59. The monoisotopic (exact) mass is 1010 g/mol. The Labute approximate surface area is 429 Å². The average molecular weight is 1010 g/mol. The Morgan fingerprint density at radius 2 is 0.718 bits per heavy atom. The number of carbonyl (C=O) groups excluding carboxylic acids is 7. The van der Waals surface area contributed by atoms with Crippen LogP contribution in [0.4, 0.5) is 0 Å². The first kappa shape index (κ1) is 67.4. The van der Waals surface area contributed by atoms with Crippen LogP contribution in [-0.4, -0.2) is 120 Å². The number of Topliss-reactive ketones (excluding diaryl/α,β-unsaturated/α-hetero) is 1. The Morgan fingerprint density at radius 3 is 1.13 bits per heavy atom. The molecule has 414 valence electrons. The van der Waals surface area contributed by atoms with Crippen molar-refractivity contribution in [1.82, 2.24) is 4.90 Å². The van der Waals surface area contributed by atoms with Crippen molar-refractivity contribution in [3.05, 3.63) is 0 Å². The fourth-order valence-electron chi connectivity index (χ4n) is 7.80. The highest BCUT2D eigenvalue weighted by Gasteiger charge is 2.42. The number of ether oxygens (including phenoxy) is 7. The summed E-state index contributed by atoms with van der Waals surface area (Å²) in [6.07, 6.45) is 20.4. The van der Waals surface area contributed by atoms with Crippen molar-refractivity contribution in [2.45, 2.75) is 221 Å². The topological polar surface area (TPSA) is 187 Å². The Bertz CT molecular complexity index is 1280. The van der Waals surface area contributed by atoms with Crippen LogP contribution in [0, 0.1) is 23.2 Å². The predicted octanol–water partition coefficient (Wildman–Crippen LogP) is 11.3. The fraction of sp³-hybridized carbons (Fsp3) is 0.875. The van der Waals surface area contributed by atoms with E-state index in [1.54, 1.807) is 0 Å². The molecule has 0 aromatic rings. The molecule has 15 heteroatoms. The van der Waals surface area contributed by atoms with E-state index in [9.17, 15) is 33.6 Å². The second kappa shape index (κ2) is 45.1. The van der Waals surface area contributed by atoms with Crippen molar-refractivity contribution >= 4 is 41.6 Å². The quantitative estimate of drug-likeness (QED) is 0.0242. The highest BCUT2D eigenvalue weighted by Crippen LogP contribution is 2.27. The maximum absolute atomic E-state index is 14.2. The third kappa shape index (κ3) is 34.5. The van der Waals surface area contributed by atoms with Crippen LogP contribution in [0.25, 0.3) is 0 Å². The lowest BCUT2D eigenvalue weighted by atomic mass is 9.91. The lowest BCUT2D eigenvalue weighted by Gasteiger charge is -2.33. The van der Waals surface area contributed by atoms with Gasteiger partial charge in [0.1, 0.15) is 44.4 Å². The standard InChI is InChI=1S/C56H101NO14/c1-9-15-21-26-33-46(49(58)41-65-38-29-20-14-6)51(60)69-43-56(42-68-50(59)36-32-37-57(7)8,44-70-54(63)47(34-27-22-16-10-2)52(61)66-39-30-24-18-12-4)45-71-55(64)48(35-28-23-17-11-3)53(62)67-40-31-25-19-13-5/h46-48H,9-45H2,1-8H3. The molecule has 0 N–H and O–H groups in total. The van der Waals surface area contributed by atoms with Gasteiger partial charge in [-0.15, -0.1) is 0 Å². The lowest BCUT2D eigenvalue weighted by molar-refractivity contribution is -0.177. The van der Waals surface area contributed by atoms with E-state index in [4.69, 9.17) is 33.2 Å². The molecule has 0 heterocycles. The van der Waals surface area contributed by atoms with Crippen LogP contribution < -0.4 is 0 Å². The number of hydrogen-bond acceptors (Lipinski definition) is 15. The van der Waals surface area contributed by atoms with Crippen LogP contribution in [0.1, 0.15) is 221 Å². The van der Waals surface area contributed by atoms with Gasteiger partial charge in [-0.2, -0.15) is 0 Å². The van der Waals surface area contributed by atoms with Crippen molar-refractivity contribution < 1.29 is 66.7 Å². The zero-order valence-corrected chi connectivity index (χ0v) is 46.1. The van der Waals surface area contributed by atoms with Gasteiger partial charge in [-0.05, 0) is 65.6 Å². The van der Waals surface area contributed by atoms with E-state index in [2.05, 4.69) is 41.5 Å². The molecular weight excluding hydrogens is 911 g/mol. The number of rotatable bonds is 49. The zero-order chi connectivity index (χ0) is 53.0. The number of nitrogens with zero attached hydrogens (tertiary/aromatic N) is 1. The third-order valence-electron chi connectivity index (χ3n) is 12.6. The van der Waals surface area contributed by atoms with Gasteiger partial charge in [0, 0.05) is 13.0 Å². The molecular formula is C56H101NO14. The van der Waals surface area contributed by atoms with Gasteiger partial charge < -0.3 is 38.1 Å². The first-order valence-corrected chi connectivity index (χ1v) is 28.0. The molecule has 15 nitrogen and oxygen atoms in total. The molecule has 0 amide bonds. The number of ketones is 1. The number of unbranched alkanes of at least 4 members (excludes halogenated alkanes) is 17. The molecule has 71 heavy (non-hydrogen) atoms. The van der Waals surface area contributed by atoms with E-state index in [-0.39, 0.29) is 45.5 Å². The lowest BCUT2D eigenvalue weighted by Crippen LogP contribution is -2.46. The third-order valence-corrected chi connectivity index (χ3v) is 12.6. The molecule has 0 bridgehead atoms. The molecule has 0 aliphatic carbocycles. The molecule has 0 fully saturated rings. The van der Waals surface area contributed by atoms with Crippen molar-refractivity contribution in [2.24, 2.45) is 23.2 Å². The summed E-state index contributed by atoms with van der Waals surface area (Å²) < 4.78 is 40.7. The normalized spacial score (nSPS) is 13.4. The molecule has 3 unspecified atom stereocenters. The maximum Gasteiger partial charge on any atom is 0.320 e. The Morgan fingerprint density at radius 1 is 0.380 bits per heavy atom. The molecule has 0 aromatic carbocycles. The highest BCUT2D eigenvalue weighted by atomic mass is 16.6. The van der Waals surface area contributed by atoms with Crippen LogP contribution in [0.3, 0.4) is 0 Å². The average Bonchev–Trinajstić information content (AvgIpc) is 3.35. The zero-order valence-electron chi connectivity index (χ0n) is 46.1. The summed E-state index contributed by atoms with van der Waals surface area (Å²) in [5, 5.41) is 0. The van der Waals surface area contributed by atoms with Crippen LogP contribution >= 0.6 is 0 Å². The molecule has 0 aromatic heterocycles. The van der Waals surface area contributed by atoms with E-state index in [1.807, 2.05) is 19.0 Å². The molecule has 0 radical (unpaired) electrons. The summed E-state index contributed by atoms with van der Waals surface area (Å²) in [6, 6.07) is 0. The molecule has 0 aliphatic heterocycles. The van der Waals surface area contributed by atoms with E-state index in [1.165, 1.54) is 0 Å². The van der Waals surface area contributed by atoms with Crippen molar-refractivity contribution in [1.29, 1.82) is 0 Å². The molecule has 0 saturated carbocycles. The molecule has 0 spiro atoms. The van der Waals surface area contributed by atoms with E-state index < -0.39 is 91.2 Å². The predicted molar refractivity (Wildman–Crippen MR) is 276 cm³/mol. The van der Waals surface area contributed by atoms with Gasteiger partial charge in [-0.3, -0.25) is 33.6 Å². The smallest absolute Gasteiger partial charge is 0.320 e. The van der Waals surface area contributed by atoms with Gasteiger partial charge in [-0.25, -0.2) is 0 Å². The second-order valence-corrected chi connectivity index (χ2v) is 19.8. The highest BCUT2D eigenvalue weighted by molar-refractivity contribution is 5.99. The summed E-state index contributed by atoms with van der Waals surface area (Å²) in [4.78, 5) is 98.5. The minimum absolute atomic E-state index is 0.0358.